The van der Waals surface area contributed by atoms with Crippen LogP contribution in [0.1, 0.15) is 5.56 Å². The summed E-state index contributed by atoms with van der Waals surface area (Å²) in [6, 6.07) is 4.86. The van der Waals surface area contributed by atoms with Gasteiger partial charge in [0.2, 0.25) is 0 Å². The molecular weight excluding hydrogens is 412 g/mol. The van der Waals surface area contributed by atoms with Crippen molar-refractivity contribution in [2.75, 3.05) is 12.9 Å². The zero-order valence-corrected chi connectivity index (χ0v) is 17.8. The maximum atomic E-state index is 11.3. The van der Waals surface area contributed by atoms with Gasteiger partial charge in [0.25, 0.3) is 10.1 Å². The second-order valence-corrected chi connectivity index (χ2v) is 15.1. The molecule has 0 aliphatic heterocycles. The van der Waals surface area contributed by atoms with Crippen LogP contribution in [0.3, 0.4) is 0 Å². The fraction of sp³-hybridized carbons (Fsp3) is 0.533. The van der Waals surface area contributed by atoms with Gasteiger partial charge in [-0.05, 0) is 18.2 Å². The molecule has 0 amide bonds. The van der Waals surface area contributed by atoms with Crippen LogP contribution in [0.2, 0.25) is 25.7 Å². The summed E-state index contributed by atoms with van der Waals surface area (Å²) in [5.74, 6) is 0. The number of hydrogen-bond acceptors (Lipinski definition) is 5. The minimum absolute atomic E-state index is 0.0324. The van der Waals surface area contributed by atoms with Crippen molar-refractivity contribution in [3.05, 3.63) is 28.4 Å². The normalized spacial score (nSPS) is 12.9. The number of aromatic nitrogens is 2. The molecule has 1 aromatic heterocycles. The summed E-state index contributed by atoms with van der Waals surface area (Å²) >= 11 is 3.43. The van der Waals surface area contributed by atoms with Gasteiger partial charge in [-0.25, -0.2) is 4.68 Å². The second kappa shape index (κ2) is 7.65. The molecule has 0 unspecified atom stereocenters. The van der Waals surface area contributed by atoms with Crippen molar-refractivity contribution >= 4 is 45.0 Å². The van der Waals surface area contributed by atoms with E-state index in [1.54, 1.807) is 10.9 Å². The van der Waals surface area contributed by atoms with Crippen LogP contribution >= 0.6 is 15.9 Å². The molecule has 2 rings (SSSR count). The third-order valence-electron chi connectivity index (χ3n) is 3.42. The highest BCUT2D eigenvalue weighted by atomic mass is 79.9. The summed E-state index contributed by atoms with van der Waals surface area (Å²) in [7, 11) is -4.64. The van der Waals surface area contributed by atoms with Crippen LogP contribution in [0.25, 0.3) is 10.9 Å². The first-order valence-corrected chi connectivity index (χ1v) is 13.9. The zero-order chi connectivity index (χ0) is 18.0. The minimum atomic E-state index is -3.51. The van der Waals surface area contributed by atoms with Crippen molar-refractivity contribution in [3.63, 3.8) is 0 Å². The Labute approximate surface area is 152 Å². The summed E-state index contributed by atoms with van der Waals surface area (Å²) in [5.41, 5.74) is 1.57. The topological polar surface area (TPSA) is 70.4 Å². The molecule has 0 aliphatic rings. The van der Waals surface area contributed by atoms with Gasteiger partial charge in [-0.1, -0.05) is 35.6 Å². The molecule has 0 atom stereocenters. The Hall–Kier alpha value is -0.743. The third kappa shape index (κ3) is 5.96. The molecule has 1 heterocycles. The average molecular weight is 435 g/mol. The lowest BCUT2D eigenvalue weighted by molar-refractivity contribution is 0.0815. The van der Waals surface area contributed by atoms with Crippen molar-refractivity contribution in [3.8, 4) is 0 Å². The first-order chi connectivity index (χ1) is 11.1. The molecule has 9 heteroatoms. The van der Waals surface area contributed by atoms with Crippen molar-refractivity contribution in [1.29, 1.82) is 0 Å². The molecule has 0 aliphatic carbocycles. The molecular formula is C15H23BrN2O4SSi. The Balaban J connectivity index is 2.18. The van der Waals surface area contributed by atoms with Gasteiger partial charge < -0.3 is 4.74 Å². The number of benzene rings is 1. The van der Waals surface area contributed by atoms with E-state index in [1.807, 2.05) is 12.1 Å². The Bertz CT molecular complexity index is 815. The molecule has 0 bridgehead atoms. The summed E-state index contributed by atoms with van der Waals surface area (Å²) < 4.78 is 35.8. The van der Waals surface area contributed by atoms with Crippen LogP contribution in [0.4, 0.5) is 0 Å². The van der Waals surface area contributed by atoms with Crippen LogP contribution in [0.15, 0.2) is 22.8 Å². The fourth-order valence-electron chi connectivity index (χ4n) is 2.19. The van der Waals surface area contributed by atoms with Crippen LogP contribution in [-0.2, 0) is 32.4 Å². The highest BCUT2D eigenvalue weighted by molar-refractivity contribution is 9.10. The SMILES string of the molecule is C[Si](C)(C)CCOCn1ncc2cc(Br)cc(COS(C)(=O)=O)c21. The largest absolute Gasteiger partial charge is 0.360 e. The number of ether oxygens (including phenoxy) is 1. The molecule has 2 aromatic rings. The standard InChI is InChI=1S/C15H23BrN2O4SSi/c1-23(19,20)22-10-13-8-14(16)7-12-9-17-18(15(12)13)11-21-5-6-24(2,3)4/h7-9H,5-6,10-11H2,1-4H3. The van der Waals surface area contributed by atoms with E-state index >= 15 is 0 Å². The van der Waals surface area contributed by atoms with Crippen LogP contribution in [0.5, 0.6) is 0 Å². The minimum Gasteiger partial charge on any atom is -0.360 e. The Morgan fingerprint density at radius 3 is 2.62 bits per heavy atom. The molecule has 24 heavy (non-hydrogen) atoms. The molecule has 1 aromatic carbocycles. The van der Waals surface area contributed by atoms with E-state index in [0.717, 1.165) is 33.2 Å². The lowest BCUT2D eigenvalue weighted by atomic mass is 10.1. The monoisotopic (exact) mass is 434 g/mol. The third-order valence-corrected chi connectivity index (χ3v) is 6.12. The number of halogens is 1. The molecule has 0 saturated carbocycles. The Morgan fingerprint density at radius 1 is 1.29 bits per heavy atom. The van der Waals surface area contributed by atoms with E-state index < -0.39 is 18.2 Å². The van der Waals surface area contributed by atoms with Gasteiger partial charge >= 0.3 is 0 Å². The maximum absolute atomic E-state index is 11.3. The predicted molar refractivity (Wildman–Crippen MR) is 101 cm³/mol. The van der Waals surface area contributed by atoms with Gasteiger partial charge in [-0.2, -0.15) is 13.5 Å². The number of hydrogen-bond donors (Lipinski definition) is 0. The van der Waals surface area contributed by atoms with E-state index in [9.17, 15) is 8.42 Å². The molecule has 6 nitrogen and oxygen atoms in total. The van der Waals surface area contributed by atoms with E-state index in [4.69, 9.17) is 8.92 Å². The fourth-order valence-corrected chi connectivity index (χ4v) is 3.81. The average Bonchev–Trinajstić information content (AvgIpc) is 2.82. The van der Waals surface area contributed by atoms with Crippen LogP contribution in [0, 0.1) is 0 Å². The van der Waals surface area contributed by atoms with Crippen molar-refractivity contribution in [2.24, 2.45) is 0 Å². The smallest absolute Gasteiger partial charge is 0.264 e. The van der Waals surface area contributed by atoms with Gasteiger partial charge in [0, 0.05) is 30.1 Å². The first kappa shape index (κ1) is 19.6. The van der Waals surface area contributed by atoms with E-state index in [0.29, 0.717) is 13.3 Å². The molecule has 0 spiro atoms. The number of nitrogens with zero attached hydrogens (tertiary/aromatic N) is 2. The summed E-state index contributed by atoms with van der Waals surface area (Å²) in [6.45, 7) is 7.91. The van der Waals surface area contributed by atoms with E-state index in [-0.39, 0.29) is 6.61 Å². The molecule has 134 valence electrons. The van der Waals surface area contributed by atoms with Crippen LogP contribution in [-0.4, -0.2) is 39.1 Å². The Kier molecular flexibility index (Phi) is 6.24. The summed E-state index contributed by atoms with van der Waals surface area (Å²) in [4.78, 5) is 0. The number of fused-ring (bicyclic) bond motifs is 1. The summed E-state index contributed by atoms with van der Waals surface area (Å²) in [5, 5.41) is 5.26. The molecule has 0 saturated heterocycles. The summed E-state index contributed by atoms with van der Waals surface area (Å²) in [6.07, 6.45) is 2.78. The van der Waals surface area contributed by atoms with Crippen molar-refractivity contribution in [2.45, 2.75) is 39.0 Å². The molecule has 0 fully saturated rings. The highest BCUT2D eigenvalue weighted by Gasteiger charge is 2.14. The lowest BCUT2D eigenvalue weighted by Gasteiger charge is -2.15. The Morgan fingerprint density at radius 2 is 2.00 bits per heavy atom. The van der Waals surface area contributed by atoms with E-state index in [1.165, 1.54) is 0 Å². The maximum Gasteiger partial charge on any atom is 0.264 e. The zero-order valence-electron chi connectivity index (χ0n) is 14.4. The van der Waals surface area contributed by atoms with Gasteiger partial charge in [-0.3, -0.25) is 4.18 Å². The number of rotatable bonds is 8. The first-order valence-electron chi connectivity index (χ1n) is 7.61. The van der Waals surface area contributed by atoms with E-state index in [2.05, 4.69) is 40.7 Å². The quantitative estimate of drug-likeness (QED) is 0.360. The second-order valence-electron chi connectivity index (χ2n) is 6.96. The van der Waals surface area contributed by atoms with Gasteiger partial charge in [0.1, 0.15) is 6.73 Å². The predicted octanol–water partition coefficient (Wildman–Crippen LogP) is 3.59. The molecule has 0 radical (unpaired) electrons. The molecule has 0 N–H and O–H groups in total. The highest BCUT2D eigenvalue weighted by Crippen LogP contribution is 2.25. The van der Waals surface area contributed by atoms with Gasteiger partial charge in [-0.15, -0.1) is 0 Å². The van der Waals surface area contributed by atoms with Crippen molar-refractivity contribution < 1.29 is 17.3 Å². The van der Waals surface area contributed by atoms with Gasteiger partial charge in [0.15, 0.2) is 0 Å². The van der Waals surface area contributed by atoms with Crippen molar-refractivity contribution in [1.82, 2.24) is 9.78 Å². The lowest BCUT2D eigenvalue weighted by Crippen LogP contribution is -2.22. The van der Waals surface area contributed by atoms with Gasteiger partial charge in [0.05, 0.1) is 24.6 Å². The van der Waals surface area contributed by atoms with Crippen LogP contribution < -0.4 is 0 Å².